The summed E-state index contributed by atoms with van der Waals surface area (Å²) in [4.78, 5) is 28.2. The van der Waals surface area contributed by atoms with Crippen LogP contribution in [0.15, 0.2) is 84.1 Å². The molecule has 0 bridgehead atoms. The first-order valence-corrected chi connectivity index (χ1v) is 11.4. The van der Waals surface area contributed by atoms with E-state index >= 15 is 0 Å². The summed E-state index contributed by atoms with van der Waals surface area (Å²) in [5, 5.41) is 7.23. The van der Waals surface area contributed by atoms with Crippen LogP contribution in [0.5, 0.6) is 0 Å². The number of rotatable bonds is 7. The minimum absolute atomic E-state index is 0.131. The van der Waals surface area contributed by atoms with Gasteiger partial charge in [0.1, 0.15) is 11.4 Å². The third-order valence-corrected chi connectivity index (χ3v) is 5.80. The lowest BCUT2D eigenvalue weighted by molar-refractivity contribution is -0.116. The molecular formula is C24H22FN5O2S. The van der Waals surface area contributed by atoms with Crippen molar-refractivity contribution in [3.05, 3.63) is 90.6 Å². The van der Waals surface area contributed by atoms with Crippen LogP contribution in [0.1, 0.15) is 10.4 Å². The highest BCUT2D eigenvalue weighted by atomic mass is 32.2. The van der Waals surface area contributed by atoms with E-state index in [1.54, 1.807) is 40.8 Å². The van der Waals surface area contributed by atoms with E-state index in [-0.39, 0.29) is 24.2 Å². The molecule has 2 aromatic heterocycles. The fourth-order valence-electron chi connectivity index (χ4n) is 3.42. The third kappa shape index (κ3) is 4.83. The Morgan fingerprint density at radius 1 is 1.06 bits per heavy atom. The van der Waals surface area contributed by atoms with Crippen LogP contribution in [0, 0.1) is 5.82 Å². The molecule has 33 heavy (non-hydrogen) atoms. The Hall–Kier alpha value is -3.85. The SMILES string of the molecule is CSc1ccccc1NC(=O)CN(C)C(=O)c1cnn(-c2ccc(F)cc2)c1-n1cccc1. The molecule has 0 radical (unpaired) electrons. The Bertz CT molecular complexity index is 1270. The predicted octanol–water partition coefficient (Wildman–Crippen LogP) is 4.23. The second-order valence-electron chi connectivity index (χ2n) is 7.27. The number of likely N-dealkylation sites (N-methyl/N-ethyl adjacent to an activating group) is 1. The smallest absolute Gasteiger partial charge is 0.259 e. The molecule has 4 aromatic rings. The fraction of sp³-hybridized carbons (Fsp3) is 0.125. The van der Waals surface area contributed by atoms with Gasteiger partial charge < -0.3 is 14.8 Å². The molecule has 0 aliphatic heterocycles. The van der Waals surface area contributed by atoms with E-state index in [0.29, 0.717) is 22.8 Å². The van der Waals surface area contributed by atoms with Gasteiger partial charge >= 0.3 is 0 Å². The molecule has 9 heteroatoms. The minimum atomic E-state index is -0.362. The summed E-state index contributed by atoms with van der Waals surface area (Å²) in [5.74, 6) is -0.531. The molecule has 0 fully saturated rings. The maximum absolute atomic E-state index is 13.4. The maximum Gasteiger partial charge on any atom is 0.259 e. The van der Waals surface area contributed by atoms with Crippen LogP contribution < -0.4 is 5.32 Å². The van der Waals surface area contributed by atoms with E-state index in [4.69, 9.17) is 0 Å². The minimum Gasteiger partial charge on any atom is -0.332 e. The molecule has 7 nitrogen and oxygen atoms in total. The molecule has 0 aliphatic carbocycles. The highest BCUT2D eigenvalue weighted by Gasteiger charge is 2.24. The zero-order valence-corrected chi connectivity index (χ0v) is 18.9. The molecular weight excluding hydrogens is 441 g/mol. The second kappa shape index (κ2) is 9.74. The van der Waals surface area contributed by atoms with E-state index in [9.17, 15) is 14.0 Å². The first-order chi connectivity index (χ1) is 16.0. The Morgan fingerprint density at radius 3 is 2.45 bits per heavy atom. The molecule has 0 saturated heterocycles. The summed E-state index contributed by atoms with van der Waals surface area (Å²) in [5.41, 5.74) is 1.62. The highest BCUT2D eigenvalue weighted by Crippen LogP contribution is 2.25. The standard InChI is InChI=1S/C24H22FN5O2S/c1-28(16-22(31)27-20-7-3-4-8-21(20)33-2)24(32)19-15-26-30(18-11-9-17(25)10-12-18)23(19)29-13-5-6-14-29/h3-15H,16H2,1-2H3,(H,27,31). The van der Waals surface area contributed by atoms with Crippen LogP contribution in [-0.2, 0) is 4.79 Å². The van der Waals surface area contributed by atoms with Crippen LogP contribution in [0.4, 0.5) is 10.1 Å². The van der Waals surface area contributed by atoms with Gasteiger partial charge in [-0.1, -0.05) is 12.1 Å². The zero-order chi connectivity index (χ0) is 23.4. The van der Waals surface area contributed by atoms with Crippen molar-refractivity contribution in [2.75, 3.05) is 25.2 Å². The number of carbonyl (C=O) groups is 2. The number of para-hydroxylation sites is 1. The topological polar surface area (TPSA) is 72.2 Å². The van der Waals surface area contributed by atoms with Gasteiger partial charge in [-0.25, -0.2) is 9.07 Å². The average Bonchev–Trinajstić information content (AvgIpc) is 3.49. The number of carbonyl (C=O) groups excluding carboxylic acids is 2. The van der Waals surface area contributed by atoms with Crippen molar-refractivity contribution < 1.29 is 14.0 Å². The summed E-state index contributed by atoms with van der Waals surface area (Å²) in [6, 6.07) is 17.0. The van der Waals surface area contributed by atoms with E-state index in [2.05, 4.69) is 10.4 Å². The normalized spacial score (nSPS) is 10.8. The maximum atomic E-state index is 13.4. The molecule has 168 valence electrons. The Kier molecular flexibility index (Phi) is 6.60. The molecule has 0 atom stereocenters. The van der Waals surface area contributed by atoms with Crippen LogP contribution in [0.3, 0.4) is 0 Å². The van der Waals surface area contributed by atoms with Gasteiger partial charge in [0.25, 0.3) is 5.91 Å². The molecule has 0 unspecified atom stereocenters. The van der Waals surface area contributed by atoms with Crippen molar-refractivity contribution in [1.29, 1.82) is 0 Å². The Balaban J connectivity index is 1.58. The predicted molar refractivity (Wildman–Crippen MR) is 127 cm³/mol. The van der Waals surface area contributed by atoms with Crippen LogP contribution in [0.25, 0.3) is 11.5 Å². The monoisotopic (exact) mass is 463 g/mol. The van der Waals surface area contributed by atoms with Gasteiger partial charge in [0, 0.05) is 24.3 Å². The third-order valence-electron chi connectivity index (χ3n) is 5.00. The molecule has 0 spiro atoms. The van der Waals surface area contributed by atoms with Crippen LogP contribution in [0.2, 0.25) is 0 Å². The van der Waals surface area contributed by atoms with Crippen molar-refractivity contribution >= 4 is 29.3 Å². The second-order valence-corrected chi connectivity index (χ2v) is 8.12. The summed E-state index contributed by atoms with van der Waals surface area (Å²) >= 11 is 1.53. The highest BCUT2D eigenvalue weighted by molar-refractivity contribution is 7.98. The lowest BCUT2D eigenvalue weighted by Crippen LogP contribution is -2.35. The largest absolute Gasteiger partial charge is 0.332 e. The van der Waals surface area contributed by atoms with Gasteiger partial charge in [-0.05, 0) is 54.8 Å². The number of nitrogens with one attached hydrogen (secondary N) is 1. The van der Waals surface area contributed by atoms with Crippen molar-refractivity contribution in [3.63, 3.8) is 0 Å². The van der Waals surface area contributed by atoms with Crippen molar-refractivity contribution in [2.24, 2.45) is 0 Å². The van der Waals surface area contributed by atoms with E-state index in [1.165, 1.54) is 35.0 Å². The Labute approximate surface area is 194 Å². The quantitative estimate of drug-likeness (QED) is 0.416. The molecule has 0 aliphatic rings. The number of anilines is 1. The van der Waals surface area contributed by atoms with Crippen LogP contribution >= 0.6 is 11.8 Å². The lowest BCUT2D eigenvalue weighted by Gasteiger charge is -2.18. The fourth-order valence-corrected chi connectivity index (χ4v) is 3.97. The van der Waals surface area contributed by atoms with E-state index in [1.807, 2.05) is 42.7 Å². The lowest BCUT2D eigenvalue weighted by atomic mass is 10.2. The van der Waals surface area contributed by atoms with E-state index in [0.717, 1.165) is 4.90 Å². The molecule has 2 heterocycles. The van der Waals surface area contributed by atoms with Gasteiger partial charge in [-0.15, -0.1) is 11.8 Å². The summed E-state index contributed by atoms with van der Waals surface area (Å²) in [6.45, 7) is -0.131. The average molecular weight is 464 g/mol. The van der Waals surface area contributed by atoms with Gasteiger partial charge in [0.05, 0.1) is 24.1 Å². The summed E-state index contributed by atoms with van der Waals surface area (Å²) < 4.78 is 16.7. The summed E-state index contributed by atoms with van der Waals surface area (Å²) in [7, 11) is 1.57. The number of amides is 2. The van der Waals surface area contributed by atoms with Gasteiger partial charge in [-0.2, -0.15) is 5.10 Å². The van der Waals surface area contributed by atoms with Gasteiger partial charge in [-0.3, -0.25) is 9.59 Å². The van der Waals surface area contributed by atoms with Crippen molar-refractivity contribution in [3.8, 4) is 11.5 Å². The van der Waals surface area contributed by atoms with Gasteiger partial charge in [0.2, 0.25) is 5.91 Å². The Morgan fingerprint density at radius 2 is 1.76 bits per heavy atom. The number of halogens is 1. The number of nitrogens with zero attached hydrogens (tertiary/aromatic N) is 4. The zero-order valence-electron chi connectivity index (χ0n) is 18.1. The molecule has 2 aromatic carbocycles. The summed E-state index contributed by atoms with van der Waals surface area (Å²) in [6.07, 6.45) is 6.97. The first kappa shape index (κ1) is 22.3. The van der Waals surface area contributed by atoms with Gasteiger partial charge in [0.15, 0.2) is 5.82 Å². The number of benzene rings is 2. The molecule has 1 N–H and O–H groups in total. The molecule has 4 rings (SSSR count). The van der Waals surface area contributed by atoms with E-state index < -0.39 is 0 Å². The number of aromatic nitrogens is 3. The van der Waals surface area contributed by atoms with Crippen molar-refractivity contribution in [1.82, 2.24) is 19.2 Å². The van der Waals surface area contributed by atoms with Crippen LogP contribution in [-0.4, -0.2) is 50.9 Å². The first-order valence-electron chi connectivity index (χ1n) is 10.1. The molecule has 2 amide bonds. The number of hydrogen-bond acceptors (Lipinski definition) is 4. The molecule has 0 saturated carbocycles. The number of hydrogen-bond donors (Lipinski definition) is 1. The van der Waals surface area contributed by atoms with Crippen molar-refractivity contribution in [2.45, 2.75) is 4.90 Å². The number of thioether (sulfide) groups is 1.